The molecule has 6 nitrogen and oxygen atoms in total. The van der Waals surface area contributed by atoms with Crippen LogP contribution in [0.25, 0.3) is 0 Å². The van der Waals surface area contributed by atoms with Crippen molar-refractivity contribution >= 4 is 35.2 Å². The Morgan fingerprint density at radius 3 is 2.77 bits per heavy atom. The molecule has 2 amide bonds. The zero-order valence-corrected chi connectivity index (χ0v) is 12.8. The van der Waals surface area contributed by atoms with Crippen LogP contribution in [0.4, 0.5) is 5.69 Å². The molecule has 0 spiro atoms. The molecule has 2 N–H and O–H groups in total. The largest absolute Gasteiger partial charge is 0.464 e. The SMILES string of the molecule is CCOC(=O)[C@H]1CS/C(=C/C(=O)Nc2ccccc2)C(=O)N1. The monoisotopic (exact) mass is 320 g/mol. The average molecular weight is 320 g/mol. The van der Waals surface area contributed by atoms with E-state index in [0.717, 1.165) is 11.8 Å². The van der Waals surface area contributed by atoms with Crippen molar-refractivity contribution in [3.8, 4) is 0 Å². The van der Waals surface area contributed by atoms with Crippen molar-refractivity contribution in [3.63, 3.8) is 0 Å². The number of carbonyl (C=O) groups excluding carboxylic acids is 3. The third-order valence-corrected chi connectivity index (χ3v) is 3.92. The predicted molar refractivity (Wildman–Crippen MR) is 84.2 cm³/mol. The van der Waals surface area contributed by atoms with E-state index in [4.69, 9.17) is 4.74 Å². The number of thioether (sulfide) groups is 1. The van der Waals surface area contributed by atoms with E-state index >= 15 is 0 Å². The lowest BCUT2D eigenvalue weighted by Gasteiger charge is -2.22. The van der Waals surface area contributed by atoms with E-state index in [1.165, 1.54) is 6.08 Å². The first kappa shape index (κ1) is 16.1. The molecule has 1 aliphatic rings. The number of amides is 2. The van der Waals surface area contributed by atoms with E-state index in [9.17, 15) is 14.4 Å². The highest BCUT2D eigenvalue weighted by molar-refractivity contribution is 8.04. The molecule has 1 aromatic rings. The van der Waals surface area contributed by atoms with Gasteiger partial charge in [-0.15, -0.1) is 11.8 Å². The van der Waals surface area contributed by atoms with Gasteiger partial charge in [-0.2, -0.15) is 0 Å². The molecule has 1 heterocycles. The smallest absolute Gasteiger partial charge is 0.329 e. The predicted octanol–water partition coefficient (Wildman–Crippen LogP) is 1.30. The lowest BCUT2D eigenvalue weighted by molar-refractivity contribution is -0.146. The Morgan fingerprint density at radius 2 is 2.14 bits per heavy atom. The first-order valence-corrected chi connectivity index (χ1v) is 7.76. The van der Waals surface area contributed by atoms with Gasteiger partial charge in [0.15, 0.2) is 0 Å². The molecule has 0 aromatic heterocycles. The highest BCUT2D eigenvalue weighted by Gasteiger charge is 2.29. The lowest BCUT2D eigenvalue weighted by atomic mass is 10.3. The Kier molecular flexibility index (Phi) is 5.60. The van der Waals surface area contributed by atoms with Gasteiger partial charge in [0.1, 0.15) is 6.04 Å². The van der Waals surface area contributed by atoms with Crippen LogP contribution < -0.4 is 10.6 Å². The van der Waals surface area contributed by atoms with Crippen molar-refractivity contribution < 1.29 is 19.1 Å². The fraction of sp³-hybridized carbons (Fsp3) is 0.267. The van der Waals surface area contributed by atoms with Crippen LogP contribution in [0.15, 0.2) is 41.3 Å². The van der Waals surface area contributed by atoms with Crippen molar-refractivity contribution in [1.29, 1.82) is 0 Å². The topological polar surface area (TPSA) is 84.5 Å². The Morgan fingerprint density at radius 1 is 1.41 bits per heavy atom. The first-order chi connectivity index (χ1) is 10.6. The van der Waals surface area contributed by atoms with Gasteiger partial charge in [-0.05, 0) is 19.1 Å². The van der Waals surface area contributed by atoms with Crippen molar-refractivity contribution in [2.24, 2.45) is 0 Å². The second-order valence-corrected chi connectivity index (χ2v) is 5.51. The minimum Gasteiger partial charge on any atom is -0.464 e. The fourth-order valence-electron chi connectivity index (χ4n) is 1.81. The summed E-state index contributed by atoms with van der Waals surface area (Å²) in [7, 11) is 0. The quantitative estimate of drug-likeness (QED) is 0.645. The average Bonchev–Trinajstić information content (AvgIpc) is 2.50. The van der Waals surface area contributed by atoms with Crippen LogP contribution in [0.3, 0.4) is 0 Å². The second-order valence-electron chi connectivity index (χ2n) is 4.45. The Bertz CT molecular complexity index is 601. The first-order valence-electron chi connectivity index (χ1n) is 6.78. The standard InChI is InChI=1S/C15H16N2O4S/c1-2-21-15(20)11-9-22-12(14(19)17-11)8-13(18)16-10-6-4-3-5-7-10/h3-8,11H,2,9H2,1H3,(H,16,18)(H,17,19)/b12-8+/t11-/m1/s1. The van der Waals surface area contributed by atoms with Crippen LogP contribution in [0, 0.1) is 0 Å². The molecule has 0 bridgehead atoms. The number of para-hydroxylation sites is 1. The molecule has 1 saturated heterocycles. The molecule has 0 aliphatic carbocycles. The molecule has 1 atom stereocenters. The van der Waals surface area contributed by atoms with E-state index in [1.54, 1.807) is 31.2 Å². The maximum atomic E-state index is 11.9. The third-order valence-electron chi connectivity index (χ3n) is 2.81. The zero-order chi connectivity index (χ0) is 15.9. The highest BCUT2D eigenvalue weighted by atomic mass is 32.2. The number of nitrogens with one attached hydrogen (secondary N) is 2. The van der Waals surface area contributed by atoms with E-state index in [1.807, 2.05) is 6.07 Å². The number of carbonyl (C=O) groups is 3. The summed E-state index contributed by atoms with van der Waals surface area (Å²) in [6.45, 7) is 1.97. The maximum Gasteiger partial charge on any atom is 0.329 e. The summed E-state index contributed by atoms with van der Waals surface area (Å²) in [4.78, 5) is 35.6. The normalized spacial score (nSPS) is 19.4. The molecule has 116 valence electrons. The molecule has 22 heavy (non-hydrogen) atoms. The maximum absolute atomic E-state index is 11.9. The van der Waals surface area contributed by atoms with Gasteiger partial charge in [0.2, 0.25) is 5.91 Å². The molecular formula is C15H16N2O4S. The number of hydrogen-bond acceptors (Lipinski definition) is 5. The number of esters is 1. The zero-order valence-electron chi connectivity index (χ0n) is 12.0. The number of anilines is 1. The van der Waals surface area contributed by atoms with Crippen molar-refractivity contribution in [2.75, 3.05) is 17.7 Å². The van der Waals surface area contributed by atoms with Gasteiger partial charge < -0.3 is 15.4 Å². The number of rotatable bonds is 4. The number of hydrogen-bond donors (Lipinski definition) is 2. The van der Waals surface area contributed by atoms with Crippen LogP contribution >= 0.6 is 11.8 Å². The Labute approximate surface area is 132 Å². The van der Waals surface area contributed by atoms with E-state index in [0.29, 0.717) is 11.4 Å². The summed E-state index contributed by atoms with van der Waals surface area (Å²) in [5.74, 6) is -0.957. The molecule has 0 saturated carbocycles. The molecule has 1 aromatic carbocycles. The summed E-state index contributed by atoms with van der Waals surface area (Å²) in [6.07, 6.45) is 1.23. The minimum absolute atomic E-state index is 0.262. The van der Waals surface area contributed by atoms with Gasteiger partial charge in [-0.1, -0.05) is 18.2 Å². The fourth-order valence-corrected chi connectivity index (χ4v) is 2.75. The van der Waals surface area contributed by atoms with E-state index in [-0.39, 0.29) is 11.5 Å². The van der Waals surface area contributed by atoms with Gasteiger partial charge in [0, 0.05) is 17.5 Å². The molecule has 1 aliphatic heterocycles. The second kappa shape index (κ2) is 7.65. The van der Waals surface area contributed by atoms with Gasteiger partial charge >= 0.3 is 5.97 Å². The molecule has 1 fully saturated rings. The number of ether oxygens (including phenoxy) is 1. The van der Waals surface area contributed by atoms with Crippen LogP contribution in [0.2, 0.25) is 0 Å². The van der Waals surface area contributed by atoms with Crippen LogP contribution in [0.1, 0.15) is 6.92 Å². The summed E-state index contributed by atoms with van der Waals surface area (Å²) in [5, 5.41) is 5.20. The highest BCUT2D eigenvalue weighted by Crippen LogP contribution is 2.22. The molecule has 2 rings (SSSR count). The van der Waals surface area contributed by atoms with E-state index < -0.39 is 23.8 Å². The minimum atomic E-state index is -0.674. The molecule has 0 unspecified atom stereocenters. The summed E-state index contributed by atoms with van der Waals surface area (Å²) in [5.41, 5.74) is 0.648. The van der Waals surface area contributed by atoms with Crippen LogP contribution in [0.5, 0.6) is 0 Å². The Hall–Kier alpha value is -2.28. The van der Waals surface area contributed by atoms with Crippen molar-refractivity contribution in [3.05, 3.63) is 41.3 Å². The van der Waals surface area contributed by atoms with E-state index in [2.05, 4.69) is 10.6 Å². The van der Waals surface area contributed by atoms with Gasteiger partial charge in [0.05, 0.1) is 11.5 Å². The lowest BCUT2D eigenvalue weighted by Crippen LogP contribution is -2.47. The van der Waals surface area contributed by atoms with Crippen molar-refractivity contribution in [2.45, 2.75) is 13.0 Å². The Balaban J connectivity index is 1.94. The molecule has 0 radical (unpaired) electrons. The van der Waals surface area contributed by atoms with Crippen LogP contribution in [-0.4, -0.2) is 36.2 Å². The van der Waals surface area contributed by atoms with Gasteiger partial charge in [-0.3, -0.25) is 9.59 Å². The number of benzene rings is 1. The van der Waals surface area contributed by atoms with Crippen LogP contribution in [-0.2, 0) is 19.1 Å². The summed E-state index contributed by atoms with van der Waals surface area (Å²) < 4.78 is 4.86. The summed E-state index contributed by atoms with van der Waals surface area (Å²) >= 11 is 1.16. The molecule has 7 heteroatoms. The van der Waals surface area contributed by atoms with Gasteiger partial charge in [-0.25, -0.2) is 4.79 Å². The third kappa shape index (κ3) is 4.36. The molecular weight excluding hydrogens is 304 g/mol. The summed E-state index contributed by atoms with van der Waals surface area (Å²) in [6, 6.07) is 8.27. The van der Waals surface area contributed by atoms with Gasteiger partial charge in [0.25, 0.3) is 5.91 Å². The van der Waals surface area contributed by atoms with Crippen molar-refractivity contribution in [1.82, 2.24) is 5.32 Å².